The Morgan fingerprint density at radius 3 is 2.67 bits per heavy atom. The fraction of sp³-hybridized carbons (Fsp3) is 0.400. The van der Waals surface area contributed by atoms with Crippen molar-refractivity contribution in [2.24, 2.45) is 0 Å². The summed E-state index contributed by atoms with van der Waals surface area (Å²) < 4.78 is 30.6. The third-order valence-electron chi connectivity index (χ3n) is 2.01. The monoisotopic (exact) mass is 274 g/mol. The minimum Gasteiger partial charge on any atom is -0.480 e. The smallest absolute Gasteiger partial charge is 0.321 e. The molecular formula is C10H14N2O5S. The Balaban J connectivity index is 2.88. The average molecular weight is 274 g/mol. The van der Waals surface area contributed by atoms with Crippen molar-refractivity contribution in [2.45, 2.75) is 24.8 Å². The average Bonchev–Trinajstić information content (AvgIpc) is 2.29. The fourth-order valence-electron chi connectivity index (χ4n) is 1.11. The van der Waals surface area contributed by atoms with Crippen molar-refractivity contribution >= 4 is 16.0 Å². The van der Waals surface area contributed by atoms with E-state index in [9.17, 15) is 13.2 Å². The number of hydrogen-bond acceptors (Lipinski definition) is 5. The number of sulfonamides is 1. The molecule has 0 unspecified atom stereocenters. The molecule has 0 aliphatic heterocycles. The second-order valence-corrected chi connectivity index (χ2v) is 5.16. The predicted octanol–water partition coefficient (Wildman–Crippen LogP) is 0.232. The van der Waals surface area contributed by atoms with Gasteiger partial charge in [-0.25, -0.2) is 13.4 Å². The maximum Gasteiger partial charge on any atom is 0.321 e. The molecule has 1 rings (SSSR count). The van der Waals surface area contributed by atoms with Crippen LogP contribution in [0.15, 0.2) is 23.2 Å². The summed E-state index contributed by atoms with van der Waals surface area (Å²) in [7, 11) is -3.89. The van der Waals surface area contributed by atoms with E-state index in [1.165, 1.54) is 19.1 Å². The van der Waals surface area contributed by atoms with Gasteiger partial charge in [0.15, 0.2) is 0 Å². The second-order valence-electron chi connectivity index (χ2n) is 3.45. The lowest BCUT2D eigenvalue weighted by atomic mass is 10.4. The van der Waals surface area contributed by atoms with Crippen molar-refractivity contribution in [3.63, 3.8) is 0 Å². The lowest BCUT2D eigenvalue weighted by Gasteiger charge is -2.10. The minimum absolute atomic E-state index is 0.112. The molecule has 8 heteroatoms. The minimum atomic E-state index is -3.89. The highest BCUT2D eigenvalue weighted by Gasteiger charge is 2.21. The van der Waals surface area contributed by atoms with E-state index in [2.05, 4.69) is 4.98 Å². The van der Waals surface area contributed by atoms with E-state index >= 15 is 0 Å². The van der Waals surface area contributed by atoms with Crippen molar-refractivity contribution in [1.82, 2.24) is 9.71 Å². The number of carbonyl (C=O) groups is 1. The maximum atomic E-state index is 11.8. The molecule has 2 N–H and O–H groups in total. The van der Waals surface area contributed by atoms with Crippen molar-refractivity contribution in [2.75, 3.05) is 6.61 Å². The second kappa shape index (κ2) is 5.78. The molecule has 0 aliphatic rings. The number of ether oxygens (including phenoxy) is 1. The van der Waals surface area contributed by atoms with E-state index in [4.69, 9.17) is 9.84 Å². The Kier molecular flexibility index (Phi) is 4.62. The first-order valence-corrected chi connectivity index (χ1v) is 6.69. The molecule has 0 spiro atoms. The van der Waals surface area contributed by atoms with Crippen LogP contribution in [0.25, 0.3) is 0 Å². The topological polar surface area (TPSA) is 106 Å². The van der Waals surface area contributed by atoms with Crippen LogP contribution in [0.2, 0.25) is 0 Å². The van der Waals surface area contributed by atoms with Gasteiger partial charge in [0.05, 0.1) is 12.8 Å². The number of pyridine rings is 1. The molecule has 0 amide bonds. The predicted molar refractivity (Wildman–Crippen MR) is 62.8 cm³/mol. The van der Waals surface area contributed by atoms with Gasteiger partial charge < -0.3 is 9.84 Å². The molecule has 100 valence electrons. The molecule has 0 saturated carbocycles. The normalized spacial score (nSPS) is 13.0. The van der Waals surface area contributed by atoms with Crippen LogP contribution in [0, 0.1) is 0 Å². The van der Waals surface area contributed by atoms with Gasteiger partial charge in [-0.05, 0) is 19.9 Å². The molecular weight excluding hydrogens is 260 g/mol. The van der Waals surface area contributed by atoms with Gasteiger partial charge in [-0.1, -0.05) is 0 Å². The van der Waals surface area contributed by atoms with Crippen molar-refractivity contribution < 1.29 is 23.1 Å². The van der Waals surface area contributed by atoms with Crippen LogP contribution < -0.4 is 9.46 Å². The van der Waals surface area contributed by atoms with Crippen LogP contribution in [0.4, 0.5) is 0 Å². The molecule has 1 atom stereocenters. The third kappa shape index (κ3) is 3.67. The number of aliphatic carboxylic acids is 1. The van der Waals surface area contributed by atoms with E-state index in [0.29, 0.717) is 12.5 Å². The molecule has 0 radical (unpaired) electrons. The Labute approximate surface area is 105 Å². The van der Waals surface area contributed by atoms with Crippen LogP contribution in [0.5, 0.6) is 5.88 Å². The summed E-state index contributed by atoms with van der Waals surface area (Å²) in [6, 6.07) is 1.50. The largest absolute Gasteiger partial charge is 0.480 e. The third-order valence-corrected chi connectivity index (χ3v) is 3.54. The lowest BCUT2D eigenvalue weighted by molar-refractivity contribution is -0.138. The summed E-state index contributed by atoms with van der Waals surface area (Å²) in [5, 5.41) is 8.64. The van der Waals surface area contributed by atoms with Gasteiger partial charge >= 0.3 is 5.97 Å². The summed E-state index contributed by atoms with van der Waals surface area (Å²) in [6.07, 6.45) is 1.11. The van der Waals surface area contributed by atoms with E-state index < -0.39 is 22.0 Å². The number of rotatable bonds is 6. The number of hydrogen-bond donors (Lipinski definition) is 2. The Bertz CT molecular complexity index is 512. The summed E-state index contributed by atoms with van der Waals surface area (Å²) in [6.45, 7) is 3.44. The summed E-state index contributed by atoms with van der Waals surface area (Å²) in [4.78, 5) is 14.3. The van der Waals surface area contributed by atoms with Gasteiger partial charge in [0, 0.05) is 6.07 Å². The van der Waals surface area contributed by atoms with Gasteiger partial charge in [-0.15, -0.1) is 0 Å². The van der Waals surface area contributed by atoms with Crippen LogP contribution in [0.1, 0.15) is 13.8 Å². The number of nitrogens with one attached hydrogen (secondary N) is 1. The molecule has 0 fully saturated rings. The highest BCUT2D eigenvalue weighted by molar-refractivity contribution is 7.89. The van der Waals surface area contributed by atoms with E-state index in [1.807, 2.05) is 4.72 Å². The van der Waals surface area contributed by atoms with Crippen LogP contribution in [-0.2, 0) is 14.8 Å². The van der Waals surface area contributed by atoms with Gasteiger partial charge in [0.1, 0.15) is 10.9 Å². The standard InChI is InChI=1S/C10H14N2O5S/c1-3-17-9-5-4-8(6-11-9)18(15,16)12-7(2)10(13)14/h4-7,12H,3H2,1-2H3,(H,13,14)/t7-/m0/s1. The van der Waals surface area contributed by atoms with E-state index in [0.717, 1.165) is 6.20 Å². The van der Waals surface area contributed by atoms with Gasteiger partial charge in [-0.3, -0.25) is 4.79 Å². The Hall–Kier alpha value is -1.67. The first-order chi connectivity index (χ1) is 8.36. The zero-order valence-corrected chi connectivity index (χ0v) is 10.8. The zero-order chi connectivity index (χ0) is 13.8. The van der Waals surface area contributed by atoms with Gasteiger partial charge in [-0.2, -0.15) is 4.72 Å². The van der Waals surface area contributed by atoms with Gasteiger partial charge in [0.25, 0.3) is 0 Å². The molecule has 0 bridgehead atoms. The van der Waals surface area contributed by atoms with Crippen LogP contribution in [-0.4, -0.2) is 37.1 Å². The number of carboxylic acid groups (broad SMARTS) is 1. The number of carboxylic acids is 1. The van der Waals surface area contributed by atoms with E-state index in [-0.39, 0.29) is 4.90 Å². The molecule has 0 aromatic carbocycles. The van der Waals surface area contributed by atoms with Crippen LogP contribution >= 0.6 is 0 Å². The maximum absolute atomic E-state index is 11.8. The van der Waals surface area contributed by atoms with E-state index in [1.54, 1.807) is 6.92 Å². The first kappa shape index (κ1) is 14.4. The number of aromatic nitrogens is 1. The summed E-state index contributed by atoms with van der Waals surface area (Å²) in [5.41, 5.74) is 0. The van der Waals surface area contributed by atoms with Crippen molar-refractivity contribution in [3.8, 4) is 5.88 Å². The quantitative estimate of drug-likeness (QED) is 0.769. The highest BCUT2D eigenvalue weighted by atomic mass is 32.2. The zero-order valence-electron chi connectivity index (χ0n) is 9.95. The highest BCUT2D eigenvalue weighted by Crippen LogP contribution is 2.12. The Morgan fingerprint density at radius 2 is 2.22 bits per heavy atom. The Morgan fingerprint density at radius 1 is 1.56 bits per heavy atom. The molecule has 18 heavy (non-hydrogen) atoms. The molecule has 1 aromatic rings. The van der Waals surface area contributed by atoms with Gasteiger partial charge in [0.2, 0.25) is 15.9 Å². The molecule has 7 nitrogen and oxygen atoms in total. The van der Waals surface area contributed by atoms with Crippen molar-refractivity contribution in [1.29, 1.82) is 0 Å². The fourth-order valence-corrected chi connectivity index (χ4v) is 2.25. The lowest BCUT2D eigenvalue weighted by Crippen LogP contribution is -2.38. The molecule has 0 aliphatic carbocycles. The SMILES string of the molecule is CCOc1ccc(S(=O)(=O)N[C@@H](C)C(=O)O)cn1. The molecule has 1 aromatic heterocycles. The summed E-state index contributed by atoms with van der Waals surface area (Å²) >= 11 is 0. The first-order valence-electron chi connectivity index (χ1n) is 5.21. The molecule has 0 saturated heterocycles. The van der Waals surface area contributed by atoms with Crippen LogP contribution in [0.3, 0.4) is 0 Å². The summed E-state index contributed by atoms with van der Waals surface area (Å²) in [5.74, 6) is -0.944. The molecule has 1 heterocycles. The number of nitrogens with zero attached hydrogens (tertiary/aromatic N) is 1. The van der Waals surface area contributed by atoms with Crippen molar-refractivity contribution in [3.05, 3.63) is 18.3 Å².